The summed E-state index contributed by atoms with van der Waals surface area (Å²) in [6, 6.07) is 7.93. The molecule has 3 heterocycles. The lowest BCUT2D eigenvalue weighted by molar-refractivity contribution is 0.170. The summed E-state index contributed by atoms with van der Waals surface area (Å²) in [5, 5.41) is 3.36. The van der Waals surface area contributed by atoms with E-state index in [9.17, 15) is 8.42 Å². The van der Waals surface area contributed by atoms with Gasteiger partial charge in [0, 0.05) is 37.3 Å². The van der Waals surface area contributed by atoms with Gasteiger partial charge in [0.15, 0.2) is 11.5 Å². The summed E-state index contributed by atoms with van der Waals surface area (Å²) in [6.45, 7) is 2.95. The average molecular weight is 419 g/mol. The van der Waals surface area contributed by atoms with Crippen LogP contribution < -0.4 is 14.8 Å². The van der Waals surface area contributed by atoms with Gasteiger partial charge < -0.3 is 14.8 Å². The first kappa shape index (κ1) is 19.9. The van der Waals surface area contributed by atoms with Gasteiger partial charge >= 0.3 is 0 Å². The minimum Gasteiger partial charge on any atom is -0.486 e. The zero-order chi connectivity index (χ0) is 20.3. The number of hydrogen-bond donors (Lipinski definition) is 1. The number of ether oxygens (including phenoxy) is 2. The number of para-hydroxylation sites is 1. The van der Waals surface area contributed by atoms with Crippen LogP contribution in [0, 0.1) is 0 Å². The average Bonchev–Trinajstić information content (AvgIpc) is 2.74. The van der Waals surface area contributed by atoms with E-state index in [1.165, 1.54) is 10.6 Å². The second-order valence-electron chi connectivity index (χ2n) is 7.38. The Labute approximate surface area is 171 Å². The molecule has 0 atom stereocenters. The third-order valence-electron chi connectivity index (χ3n) is 5.38. The minimum atomic E-state index is -3.12. The zero-order valence-corrected chi connectivity index (χ0v) is 17.3. The van der Waals surface area contributed by atoms with Crippen molar-refractivity contribution in [1.82, 2.24) is 14.3 Å². The Kier molecular flexibility index (Phi) is 5.86. The first-order chi connectivity index (χ1) is 14.0. The smallest absolute Gasteiger partial charge is 0.211 e. The van der Waals surface area contributed by atoms with Crippen LogP contribution in [0.25, 0.3) is 0 Å². The topological polar surface area (TPSA) is 93.7 Å². The summed E-state index contributed by atoms with van der Waals surface area (Å²) in [4.78, 5) is 8.74. The van der Waals surface area contributed by atoms with Crippen LogP contribution in [0.15, 0.2) is 30.6 Å². The molecule has 2 aromatic rings. The van der Waals surface area contributed by atoms with Gasteiger partial charge in [-0.3, -0.25) is 0 Å². The van der Waals surface area contributed by atoms with E-state index in [1.54, 1.807) is 6.33 Å². The molecule has 0 spiro atoms. The lowest BCUT2D eigenvalue weighted by Gasteiger charge is -2.29. The lowest BCUT2D eigenvalue weighted by atomic mass is 9.94. The second kappa shape index (κ2) is 8.54. The maximum absolute atomic E-state index is 11.7. The molecule has 2 aliphatic heterocycles. The fraction of sp³-hybridized carbons (Fsp3) is 0.500. The third kappa shape index (κ3) is 4.79. The maximum Gasteiger partial charge on any atom is 0.211 e. The Morgan fingerprint density at radius 1 is 1.17 bits per heavy atom. The van der Waals surface area contributed by atoms with Crippen LogP contribution in [0.5, 0.6) is 11.5 Å². The highest BCUT2D eigenvalue weighted by Gasteiger charge is 2.26. The molecule has 1 N–H and O–H groups in total. The summed E-state index contributed by atoms with van der Waals surface area (Å²) in [5.41, 5.74) is 2.07. The van der Waals surface area contributed by atoms with E-state index in [0.29, 0.717) is 32.8 Å². The van der Waals surface area contributed by atoms with Crippen molar-refractivity contribution in [2.24, 2.45) is 0 Å². The number of rotatable bonds is 6. The van der Waals surface area contributed by atoms with Crippen molar-refractivity contribution in [1.29, 1.82) is 0 Å². The third-order valence-corrected chi connectivity index (χ3v) is 6.68. The van der Waals surface area contributed by atoms with E-state index in [-0.39, 0.29) is 5.92 Å². The summed E-state index contributed by atoms with van der Waals surface area (Å²) in [5.74, 6) is 2.67. The number of sulfonamides is 1. The van der Waals surface area contributed by atoms with Gasteiger partial charge in [-0.1, -0.05) is 12.1 Å². The fourth-order valence-corrected chi connectivity index (χ4v) is 4.71. The van der Waals surface area contributed by atoms with E-state index in [1.807, 2.05) is 18.2 Å². The lowest BCUT2D eigenvalue weighted by Crippen LogP contribution is -2.37. The highest BCUT2D eigenvalue weighted by molar-refractivity contribution is 7.88. The molecular formula is C20H26N4O4S. The van der Waals surface area contributed by atoms with Crippen molar-refractivity contribution in [3.05, 3.63) is 41.9 Å². The van der Waals surface area contributed by atoms with Gasteiger partial charge in [-0.15, -0.1) is 0 Å². The quantitative estimate of drug-likeness (QED) is 0.767. The molecule has 1 saturated heterocycles. The van der Waals surface area contributed by atoms with Gasteiger partial charge in [0.05, 0.1) is 6.26 Å². The van der Waals surface area contributed by atoms with E-state index >= 15 is 0 Å². The molecule has 8 nitrogen and oxygen atoms in total. The first-order valence-corrected chi connectivity index (χ1v) is 11.7. The largest absolute Gasteiger partial charge is 0.486 e. The van der Waals surface area contributed by atoms with Crippen molar-refractivity contribution in [3.63, 3.8) is 0 Å². The van der Waals surface area contributed by atoms with Gasteiger partial charge in [-0.2, -0.15) is 0 Å². The predicted molar refractivity (Wildman–Crippen MR) is 110 cm³/mol. The summed E-state index contributed by atoms with van der Waals surface area (Å²) in [6.07, 6.45) is 5.18. The number of hydrogen-bond acceptors (Lipinski definition) is 7. The number of nitrogens with one attached hydrogen (secondary N) is 1. The summed E-state index contributed by atoms with van der Waals surface area (Å²) < 4.78 is 36.3. The molecule has 156 valence electrons. The molecule has 1 fully saturated rings. The van der Waals surface area contributed by atoms with Gasteiger partial charge in [-0.25, -0.2) is 22.7 Å². The normalized spacial score (nSPS) is 17.8. The van der Waals surface area contributed by atoms with E-state index < -0.39 is 10.0 Å². The van der Waals surface area contributed by atoms with Crippen LogP contribution in [0.2, 0.25) is 0 Å². The number of anilines is 1. The number of benzene rings is 1. The van der Waals surface area contributed by atoms with Crippen molar-refractivity contribution < 1.29 is 17.9 Å². The predicted octanol–water partition coefficient (Wildman–Crippen LogP) is 2.04. The molecule has 0 saturated carbocycles. The number of fused-ring (bicyclic) bond motifs is 1. The summed E-state index contributed by atoms with van der Waals surface area (Å²) in [7, 11) is -3.12. The van der Waals surface area contributed by atoms with Crippen LogP contribution in [0.3, 0.4) is 0 Å². The van der Waals surface area contributed by atoms with Crippen LogP contribution in [-0.4, -0.2) is 61.8 Å². The standard InChI is InChI=1S/C20H26N4O4S/c1-29(25,26)24-9-6-15(7-10-24)17-13-19(23-14-22-17)21-8-5-16-3-2-4-18-20(16)28-12-11-27-18/h2-4,13-15H,5-12H2,1H3,(H,21,22,23). The molecule has 2 aliphatic rings. The van der Waals surface area contributed by atoms with Crippen molar-refractivity contribution in [3.8, 4) is 11.5 Å². The monoisotopic (exact) mass is 418 g/mol. The van der Waals surface area contributed by atoms with Gasteiger partial charge in [-0.05, 0) is 30.9 Å². The second-order valence-corrected chi connectivity index (χ2v) is 9.36. The highest BCUT2D eigenvalue weighted by atomic mass is 32.2. The minimum absolute atomic E-state index is 0.253. The van der Waals surface area contributed by atoms with Crippen molar-refractivity contribution in [2.75, 3.05) is 44.4 Å². The Balaban J connectivity index is 1.34. The molecule has 1 aromatic heterocycles. The van der Waals surface area contributed by atoms with Crippen molar-refractivity contribution >= 4 is 15.8 Å². The van der Waals surface area contributed by atoms with Gasteiger partial charge in [0.25, 0.3) is 0 Å². The molecule has 29 heavy (non-hydrogen) atoms. The van der Waals surface area contributed by atoms with Crippen LogP contribution in [0.4, 0.5) is 5.82 Å². The van der Waals surface area contributed by atoms with E-state index in [2.05, 4.69) is 21.4 Å². The van der Waals surface area contributed by atoms with Gasteiger partial charge in [0.1, 0.15) is 25.4 Å². The van der Waals surface area contributed by atoms with Crippen molar-refractivity contribution in [2.45, 2.75) is 25.2 Å². The van der Waals surface area contributed by atoms with Crippen LogP contribution in [0.1, 0.15) is 30.0 Å². The molecule has 0 unspecified atom stereocenters. The Morgan fingerprint density at radius 3 is 2.76 bits per heavy atom. The molecule has 4 rings (SSSR count). The fourth-order valence-electron chi connectivity index (χ4n) is 3.83. The number of piperidine rings is 1. The Bertz CT molecular complexity index is 959. The summed E-state index contributed by atoms with van der Waals surface area (Å²) >= 11 is 0. The molecule has 0 amide bonds. The maximum atomic E-state index is 11.7. The SMILES string of the molecule is CS(=O)(=O)N1CCC(c2cc(NCCc3cccc4c3OCCO4)ncn2)CC1. The molecule has 9 heteroatoms. The molecule has 0 bridgehead atoms. The van der Waals surface area contributed by atoms with Gasteiger partial charge in [0.2, 0.25) is 10.0 Å². The number of aromatic nitrogens is 2. The Hall–Kier alpha value is -2.39. The molecular weight excluding hydrogens is 392 g/mol. The first-order valence-electron chi connectivity index (χ1n) is 9.89. The molecule has 0 radical (unpaired) electrons. The van der Waals surface area contributed by atoms with Crippen LogP contribution in [-0.2, 0) is 16.4 Å². The molecule has 0 aliphatic carbocycles. The number of nitrogens with zero attached hydrogens (tertiary/aromatic N) is 3. The van der Waals surface area contributed by atoms with E-state index in [0.717, 1.165) is 47.8 Å². The van der Waals surface area contributed by atoms with Crippen LogP contribution >= 0.6 is 0 Å². The Morgan fingerprint density at radius 2 is 1.97 bits per heavy atom. The molecule has 1 aromatic carbocycles. The van der Waals surface area contributed by atoms with E-state index in [4.69, 9.17) is 9.47 Å². The highest BCUT2D eigenvalue weighted by Crippen LogP contribution is 2.34. The zero-order valence-electron chi connectivity index (χ0n) is 16.5.